The Hall–Kier alpha value is -0.120. The molecule has 1 fully saturated rings. The minimum absolute atomic E-state index is 0.283. The Morgan fingerprint density at radius 2 is 1.69 bits per heavy atom. The van der Waals surface area contributed by atoms with Crippen molar-refractivity contribution < 1.29 is 0 Å². The molecule has 1 aliphatic rings. The lowest BCUT2D eigenvalue weighted by atomic mass is 9.77. The molecule has 1 unspecified atom stereocenters. The van der Waals surface area contributed by atoms with E-state index in [1.54, 1.807) is 0 Å². The molecule has 1 aliphatic carbocycles. The molecule has 0 spiro atoms. The maximum absolute atomic E-state index is 5.85. The topological polar surface area (TPSA) is 41.3 Å². The third-order valence-corrected chi connectivity index (χ3v) is 4.64. The molecule has 1 rings (SSSR count). The third kappa shape index (κ3) is 2.41. The number of nitrogens with two attached hydrogens (primary N) is 1. The van der Waals surface area contributed by atoms with Crippen molar-refractivity contribution in [1.29, 1.82) is 0 Å². The van der Waals surface area contributed by atoms with E-state index in [9.17, 15) is 0 Å². The number of nitrogens with zero attached hydrogens (tertiary/aromatic N) is 1. The van der Waals surface area contributed by atoms with E-state index in [0.717, 1.165) is 0 Å². The minimum atomic E-state index is 0.283. The minimum Gasteiger partial charge on any atom is -0.302 e. The average Bonchev–Trinajstić information content (AvgIpc) is 2.75. The molecular formula is C13H29N3. The first-order chi connectivity index (χ1) is 7.62. The van der Waals surface area contributed by atoms with E-state index >= 15 is 0 Å². The van der Waals surface area contributed by atoms with Crippen molar-refractivity contribution in [2.24, 2.45) is 11.8 Å². The zero-order valence-corrected chi connectivity index (χ0v) is 11.4. The summed E-state index contributed by atoms with van der Waals surface area (Å²) < 4.78 is 0. The Morgan fingerprint density at radius 1 is 1.19 bits per heavy atom. The Balaban J connectivity index is 2.89. The fourth-order valence-electron chi connectivity index (χ4n) is 3.51. The van der Waals surface area contributed by atoms with Gasteiger partial charge in [-0.1, -0.05) is 39.5 Å². The summed E-state index contributed by atoms with van der Waals surface area (Å²) in [7, 11) is 4.41. The summed E-state index contributed by atoms with van der Waals surface area (Å²) in [5, 5.41) is 0. The number of hydrogen-bond acceptors (Lipinski definition) is 3. The number of rotatable bonds is 6. The highest BCUT2D eigenvalue weighted by molar-refractivity contribution is 5.03. The van der Waals surface area contributed by atoms with Gasteiger partial charge in [0.05, 0.1) is 0 Å². The molecule has 0 bridgehead atoms. The second-order valence-electron chi connectivity index (χ2n) is 5.43. The zero-order valence-electron chi connectivity index (χ0n) is 11.4. The number of hydrogen-bond donors (Lipinski definition) is 2. The molecule has 3 heteroatoms. The molecule has 3 nitrogen and oxygen atoms in total. The van der Waals surface area contributed by atoms with E-state index in [1.807, 2.05) is 0 Å². The summed E-state index contributed by atoms with van der Waals surface area (Å²) in [6.45, 7) is 4.55. The highest BCUT2D eigenvalue weighted by Crippen LogP contribution is 2.40. The van der Waals surface area contributed by atoms with Crippen LogP contribution in [-0.2, 0) is 0 Å². The van der Waals surface area contributed by atoms with Gasteiger partial charge in [-0.05, 0) is 32.9 Å². The van der Waals surface area contributed by atoms with Crippen molar-refractivity contribution in [1.82, 2.24) is 10.3 Å². The average molecular weight is 227 g/mol. The quantitative estimate of drug-likeness (QED) is 0.539. The van der Waals surface area contributed by atoms with Crippen molar-refractivity contribution in [2.75, 3.05) is 14.1 Å². The SMILES string of the molecule is CCC(CC)C(NN)C1(N(C)C)CCCC1. The fraction of sp³-hybridized carbons (Fsp3) is 1.00. The summed E-state index contributed by atoms with van der Waals surface area (Å²) in [5.41, 5.74) is 3.41. The number of likely N-dealkylation sites (N-methyl/N-ethyl adjacent to an activating group) is 1. The van der Waals surface area contributed by atoms with Crippen LogP contribution in [0.3, 0.4) is 0 Å². The standard InChI is InChI=1S/C13H29N3/c1-5-11(6-2)12(15-14)13(16(3)4)9-7-8-10-13/h11-12,15H,5-10,14H2,1-4H3. The van der Waals surface area contributed by atoms with Crippen molar-refractivity contribution in [2.45, 2.75) is 64.0 Å². The molecular weight excluding hydrogens is 198 g/mol. The summed E-state index contributed by atoms with van der Waals surface area (Å²) in [4.78, 5) is 2.41. The Kier molecular flexibility index (Phi) is 5.22. The molecule has 96 valence electrons. The molecule has 16 heavy (non-hydrogen) atoms. The van der Waals surface area contributed by atoms with Gasteiger partial charge in [0.25, 0.3) is 0 Å². The molecule has 0 radical (unpaired) electrons. The van der Waals surface area contributed by atoms with Gasteiger partial charge in [0, 0.05) is 11.6 Å². The van der Waals surface area contributed by atoms with Crippen LogP contribution in [0.15, 0.2) is 0 Å². The maximum atomic E-state index is 5.85. The van der Waals surface area contributed by atoms with E-state index in [2.05, 4.69) is 38.3 Å². The van der Waals surface area contributed by atoms with E-state index in [0.29, 0.717) is 12.0 Å². The van der Waals surface area contributed by atoms with Gasteiger partial charge in [-0.25, -0.2) is 0 Å². The van der Waals surface area contributed by atoms with Crippen molar-refractivity contribution in [3.8, 4) is 0 Å². The van der Waals surface area contributed by atoms with Gasteiger partial charge in [0.2, 0.25) is 0 Å². The van der Waals surface area contributed by atoms with E-state index in [-0.39, 0.29) is 5.54 Å². The Bertz CT molecular complexity index is 193. The summed E-state index contributed by atoms with van der Waals surface area (Å²) in [6.07, 6.45) is 7.67. The summed E-state index contributed by atoms with van der Waals surface area (Å²) in [6, 6.07) is 0.431. The van der Waals surface area contributed by atoms with Crippen LogP contribution < -0.4 is 11.3 Å². The molecule has 0 aliphatic heterocycles. The molecule has 0 heterocycles. The van der Waals surface area contributed by atoms with Gasteiger partial charge >= 0.3 is 0 Å². The van der Waals surface area contributed by atoms with Crippen molar-refractivity contribution >= 4 is 0 Å². The van der Waals surface area contributed by atoms with E-state index in [1.165, 1.54) is 38.5 Å². The lowest BCUT2D eigenvalue weighted by Gasteiger charge is -2.46. The molecule has 0 amide bonds. The molecule has 0 aromatic carbocycles. The van der Waals surface area contributed by atoms with Gasteiger partial charge in [-0.15, -0.1) is 0 Å². The van der Waals surface area contributed by atoms with Gasteiger partial charge in [0.1, 0.15) is 0 Å². The second kappa shape index (κ2) is 5.99. The molecule has 1 atom stereocenters. The predicted octanol–water partition coefficient (Wildman–Crippen LogP) is 2.13. The van der Waals surface area contributed by atoms with E-state index in [4.69, 9.17) is 5.84 Å². The lowest BCUT2D eigenvalue weighted by Crippen LogP contribution is -2.62. The van der Waals surface area contributed by atoms with Crippen LogP contribution in [0.5, 0.6) is 0 Å². The van der Waals surface area contributed by atoms with Crippen molar-refractivity contribution in [3.63, 3.8) is 0 Å². The van der Waals surface area contributed by atoms with Gasteiger partial charge < -0.3 is 4.90 Å². The molecule has 0 aromatic heterocycles. The second-order valence-corrected chi connectivity index (χ2v) is 5.43. The highest BCUT2D eigenvalue weighted by atomic mass is 15.3. The van der Waals surface area contributed by atoms with Gasteiger partial charge in [0.15, 0.2) is 0 Å². The zero-order chi connectivity index (χ0) is 12.2. The monoisotopic (exact) mass is 227 g/mol. The molecule has 0 saturated heterocycles. The summed E-state index contributed by atoms with van der Waals surface area (Å²) in [5.74, 6) is 6.54. The predicted molar refractivity (Wildman–Crippen MR) is 70.1 cm³/mol. The van der Waals surface area contributed by atoms with Crippen LogP contribution in [0.2, 0.25) is 0 Å². The van der Waals surface area contributed by atoms with Crippen LogP contribution in [0.4, 0.5) is 0 Å². The molecule has 3 N–H and O–H groups in total. The first-order valence-corrected chi connectivity index (χ1v) is 6.76. The lowest BCUT2D eigenvalue weighted by molar-refractivity contribution is 0.0704. The van der Waals surface area contributed by atoms with Crippen LogP contribution in [-0.4, -0.2) is 30.6 Å². The fourth-order valence-corrected chi connectivity index (χ4v) is 3.51. The van der Waals surface area contributed by atoms with Crippen LogP contribution in [0, 0.1) is 5.92 Å². The largest absolute Gasteiger partial charge is 0.302 e. The highest BCUT2D eigenvalue weighted by Gasteiger charge is 2.45. The van der Waals surface area contributed by atoms with Crippen molar-refractivity contribution in [3.05, 3.63) is 0 Å². The van der Waals surface area contributed by atoms with Crippen LogP contribution in [0.1, 0.15) is 52.4 Å². The Labute approximate surface area is 101 Å². The van der Waals surface area contributed by atoms with Crippen LogP contribution in [0.25, 0.3) is 0 Å². The van der Waals surface area contributed by atoms with E-state index < -0.39 is 0 Å². The first kappa shape index (κ1) is 13.9. The Morgan fingerprint density at radius 3 is 2.00 bits per heavy atom. The van der Waals surface area contributed by atoms with Gasteiger partial charge in [-0.2, -0.15) is 0 Å². The van der Waals surface area contributed by atoms with Gasteiger partial charge in [-0.3, -0.25) is 11.3 Å². The molecule has 1 saturated carbocycles. The molecule has 0 aromatic rings. The smallest absolute Gasteiger partial charge is 0.0422 e. The number of hydrazine groups is 1. The maximum Gasteiger partial charge on any atom is 0.0422 e. The third-order valence-electron chi connectivity index (χ3n) is 4.64. The summed E-state index contributed by atoms with van der Waals surface area (Å²) >= 11 is 0. The first-order valence-electron chi connectivity index (χ1n) is 6.76. The van der Waals surface area contributed by atoms with Crippen LogP contribution >= 0.6 is 0 Å². The normalized spacial score (nSPS) is 21.9. The number of nitrogens with one attached hydrogen (secondary N) is 1.